The first kappa shape index (κ1) is 19.5. The van der Waals surface area contributed by atoms with Crippen molar-refractivity contribution < 1.29 is 19.1 Å². The van der Waals surface area contributed by atoms with E-state index in [9.17, 15) is 14.4 Å². The number of hydrogen-bond acceptors (Lipinski definition) is 5. The van der Waals surface area contributed by atoms with Crippen molar-refractivity contribution >= 4 is 35.2 Å². The van der Waals surface area contributed by atoms with E-state index in [-0.39, 0.29) is 31.0 Å². The highest BCUT2D eigenvalue weighted by atomic mass is 32.2. The second-order valence-electron chi connectivity index (χ2n) is 7.05. The van der Waals surface area contributed by atoms with Crippen LogP contribution in [0.15, 0.2) is 59.5 Å². The lowest BCUT2D eigenvalue weighted by Crippen LogP contribution is -2.41. The molecule has 1 saturated heterocycles. The Balaban J connectivity index is 1.49. The lowest BCUT2D eigenvalue weighted by Gasteiger charge is -2.37. The summed E-state index contributed by atoms with van der Waals surface area (Å²) in [7, 11) is 0. The average molecular weight is 410 g/mol. The Morgan fingerprint density at radius 1 is 1.07 bits per heavy atom. The van der Waals surface area contributed by atoms with Gasteiger partial charge in [0.1, 0.15) is 6.54 Å². The predicted octanol–water partition coefficient (Wildman–Crippen LogP) is 3.03. The van der Waals surface area contributed by atoms with Gasteiger partial charge < -0.3 is 9.64 Å². The van der Waals surface area contributed by atoms with E-state index in [1.807, 2.05) is 54.6 Å². The summed E-state index contributed by atoms with van der Waals surface area (Å²) in [5.41, 5.74) is 1.87. The third kappa shape index (κ3) is 4.29. The van der Waals surface area contributed by atoms with E-state index >= 15 is 0 Å². The molecular formula is C22H22N2O4S. The zero-order chi connectivity index (χ0) is 20.2. The van der Waals surface area contributed by atoms with Crippen molar-refractivity contribution in [1.82, 2.24) is 4.90 Å². The molecule has 2 aliphatic heterocycles. The third-order valence-electron chi connectivity index (χ3n) is 5.13. The van der Waals surface area contributed by atoms with Crippen LogP contribution in [0.5, 0.6) is 0 Å². The number of para-hydroxylation sites is 1. The molecule has 2 aromatic rings. The molecule has 0 bridgehead atoms. The number of carbonyl (C=O) groups is 3. The molecule has 4 rings (SSSR count). The van der Waals surface area contributed by atoms with Crippen LogP contribution in [0.25, 0.3) is 0 Å². The Bertz CT molecular complexity index is 918. The number of likely N-dealkylation sites (tertiary alicyclic amines) is 1. The summed E-state index contributed by atoms with van der Waals surface area (Å²) < 4.78 is 5.24. The van der Waals surface area contributed by atoms with Crippen molar-refractivity contribution in [3.8, 4) is 0 Å². The molecule has 2 amide bonds. The molecule has 0 spiro atoms. The first-order valence-electron chi connectivity index (χ1n) is 9.66. The Labute approximate surface area is 173 Å². The maximum absolute atomic E-state index is 13.1. The van der Waals surface area contributed by atoms with Gasteiger partial charge in [0.15, 0.2) is 6.61 Å². The highest BCUT2D eigenvalue weighted by Gasteiger charge is 2.33. The monoisotopic (exact) mass is 410 g/mol. The minimum atomic E-state index is -0.551. The number of thioether (sulfide) groups is 1. The van der Waals surface area contributed by atoms with Crippen molar-refractivity contribution in [2.45, 2.75) is 23.8 Å². The summed E-state index contributed by atoms with van der Waals surface area (Å²) in [6.45, 7) is 0.124. The Hall–Kier alpha value is -2.80. The number of rotatable bonds is 5. The van der Waals surface area contributed by atoms with Crippen LogP contribution in [-0.4, -0.2) is 48.1 Å². The number of amides is 2. The van der Waals surface area contributed by atoms with Crippen LogP contribution in [0.4, 0.5) is 5.69 Å². The summed E-state index contributed by atoms with van der Waals surface area (Å²) in [5, 5.41) is 0. The van der Waals surface area contributed by atoms with E-state index in [1.165, 1.54) is 4.90 Å². The number of carbonyl (C=O) groups excluding carboxylic acids is 3. The van der Waals surface area contributed by atoms with Crippen molar-refractivity contribution in [1.29, 1.82) is 0 Å². The fourth-order valence-corrected chi connectivity index (χ4v) is 4.87. The molecule has 2 aliphatic rings. The Morgan fingerprint density at radius 2 is 1.83 bits per heavy atom. The van der Waals surface area contributed by atoms with Crippen LogP contribution in [0.3, 0.4) is 0 Å². The lowest BCUT2D eigenvalue weighted by atomic mass is 10.1. The fraction of sp³-hybridized carbons (Fsp3) is 0.318. The quantitative estimate of drug-likeness (QED) is 0.709. The number of benzene rings is 2. The van der Waals surface area contributed by atoms with Gasteiger partial charge in [-0.3, -0.25) is 19.3 Å². The molecule has 0 N–H and O–H groups in total. The number of esters is 1. The number of nitrogens with zero attached hydrogens (tertiary/aromatic N) is 2. The van der Waals surface area contributed by atoms with Gasteiger partial charge in [-0.05, 0) is 24.1 Å². The van der Waals surface area contributed by atoms with E-state index in [0.29, 0.717) is 13.0 Å². The SMILES string of the molecule is O=C(CN1CCCC1=O)OCC(=O)N1c2ccccc2SC[C@H]1c1ccccc1. The molecule has 2 aromatic carbocycles. The van der Waals surface area contributed by atoms with E-state index in [0.717, 1.165) is 28.3 Å². The molecule has 0 aliphatic carbocycles. The number of ether oxygens (including phenoxy) is 1. The van der Waals surface area contributed by atoms with E-state index < -0.39 is 5.97 Å². The molecule has 29 heavy (non-hydrogen) atoms. The molecule has 150 valence electrons. The van der Waals surface area contributed by atoms with Gasteiger partial charge in [0.05, 0.1) is 11.7 Å². The van der Waals surface area contributed by atoms with E-state index in [2.05, 4.69) is 0 Å². The summed E-state index contributed by atoms with van der Waals surface area (Å²) in [4.78, 5) is 41.2. The van der Waals surface area contributed by atoms with Gasteiger partial charge in [-0.25, -0.2) is 0 Å². The molecular weight excluding hydrogens is 388 g/mol. The molecule has 0 radical (unpaired) electrons. The molecule has 2 heterocycles. The zero-order valence-electron chi connectivity index (χ0n) is 16.0. The van der Waals surface area contributed by atoms with Crippen LogP contribution in [0, 0.1) is 0 Å². The van der Waals surface area contributed by atoms with E-state index in [1.54, 1.807) is 16.7 Å². The average Bonchev–Trinajstić information content (AvgIpc) is 3.16. The standard InChI is InChI=1S/C22H22N2O4S/c25-20-11-6-12-23(20)13-22(27)28-14-21(26)24-17-9-4-5-10-19(17)29-15-18(24)16-7-2-1-3-8-16/h1-5,7-10,18H,6,11-15H2/t18-/m0/s1. The predicted molar refractivity (Wildman–Crippen MR) is 111 cm³/mol. The third-order valence-corrected chi connectivity index (χ3v) is 6.27. The molecule has 1 atom stereocenters. The van der Waals surface area contributed by atoms with Gasteiger partial charge >= 0.3 is 5.97 Å². The second-order valence-corrected chi connectivity index (χ2v) is 8.11. The molecule has 6 nitrogen and oxygen atoms in total. The summed E-state index contributed by atoms with van der Waals surface area (Å²) >= 11 is 1.71. The highest BCUT2D eigenvalue weighted by Crippen LogP contribution is 2.43. The van der Waals surface area contributed by atoms with Crippen molar-refractivity contribution in [2.24, 2.45) is 0 Å². The van der Waals surface area contributed by atoms with Crippen molar-refractivity contribution in [3.63, 3.8) is 0 Å². The molecule has 7 heteroatoms. The normalized spacial score (nSPS) is 18.5. The van der Waals surface area contributed by atoms with Gasteiger partial charge in [0.25, 0.3) is 5.91 Å². The minimum Gasteiger partial charge on any atom is -0.454 e. The fourth-order valence-electron chi connectivity index (χ4n) is 3.70. The Kier molecular flexibility index (Phi) is 5.85. The number of anilines is 1. The first-order valence-corrected chi connectivity index (χ1v) is 10.6. The van der Waals surface area contributed by atoms with Crippen LogP contribution >= 0.6 is 11.8 Å². The number of fused-ring (bicyclic) bond motifs is 1. The molecule has 0 unspecified atom stereocenters. The van der Waals surface area contributed by atoms with Gasteiger partial charge in [-0.1, -0.05) is 42.5 Å². The van der Waals surface area contributed by atoms with Gasteiger partial charge in [0, 0.05) is 23.6 Å². The van der Waals surface area contributed by atoms with Crippen LogP contribution in [-0.2, 0) is 19.1 Å². The van der Waals surface area contributed by atoms with Crippen molar-refractivity contribution in [3.05, 3.63) is 60.2 Å². The van der Waals surface area contributed by atoms with Crippen LogP contribution in [0.2, 0.25) is 0 Å². The first-order chi connectivity index (χ1) is 14.1. The minimum absolute atomic E-state index is 0.0422. The van der Waals surface area contributed by atoms with Gasteiger partial charge in [0.2, 0.25) is 5.91 Å². The largest absolute Gasteiger partial charge is 0.454 e. The van der Waals surface area contributed by atoms with Gasteiger partial charge in [-0.2, -0.15) is 0 Å². The zero-order valence-corrected chi connectivity index (χ0v) is 16.8. The van der Waals surface area contributed by atoms with Crippen LogP contribution in [0.1, 0.15) is 24.4 Å². The van der Waals surface area contributed by atoms with Crippen molar-refractivity contribution in [2.75, 3.05) is 30.3 Å². The summed E-state index contributed by atoms with van der Waals surface area (Å²) in [5.74, 6) is -0.139. The second kappa shape index (κ2) is 8.69. The lowest BCUT2D eigenvalue weighted by molar-refractivity contribution is -0.151. The molecule has 0 saturated carbocycles. The maximum Gasteiger partial charge on any atom is 0.326 e. The number of hydrogen-bond donors (Lipinski definition) is 0. The smallest absolute Gasteiger partial charge is 0.326 e. The molecule has 0 aromatic heterocycles. The summed E-state index contributed by atoms with van der Waals surface area (Å²) in [6.07, 6.45) is 1.22. The van der Waals surface area contributed by atoms with Crippen LogP contribution < -0.4 is 4.90 Å². The maximum atomic E-state index is 13.1. The molecule has 1 fully saturated rings. The van der Waals surface area contributed by atoms with E-state index in [4.69, 9.17) is 4.74 Å². The Morgan fingerprint density at radius 3 is 2.59 bits per heavy atom. The highest BCUT2D eigenvalue weighted by molar-refractivity contribution is 7.99. The van der Waals surface area contributed by atoms with Gasteiger partial charge in [-0.15, -0.1) is 11.8 Å². The summed E-state index contributed by atoms with van der Waals surface area (Å²) in [6, 6.07) is 17.5. The topological polar surface area (TPSA) is 66.9 Å².